The molecule has 0 heterocycles. The maximum atomic E-state index is 12.9. The van der Waals surface area contributed by atoms with E-state index in [4.69, 9.17) is 15.2 Å². The Labute approximate surface area is 199 Å². The Morgan fingerprint density at radius 1 is 0.971 bits per heavy atom. The Balaban J connectivity index is 1.79. The molecule has 0 saturated heterocycles. The van der Waals surface area contributed by atoms with Gasteiger partial charge in [0.25, 0.3) is 0 Å². The number of aliphatic carboxylic acids is 1. The smallest absolute Gasteiger partial charge is 0.408 e. The molecule has 0 radical (unpaired) electrons. The minimum Gasteiger partial charge on any atom is -0.479 e. The zero-order valence-electron chi connectivity index (χ0n) is 19.8. The second-order valence-electron chi connectivity index (χ2n) is 9.41. The molecule has 3 rings (SSSR count). The summed E-state index contributed by atoms with van der Waals surface area (Å²) in [5, 5.41) is 12.3. The SMILES string of the molecule is CC(C)(C)OC(=O)[C@@](CCCCN)(NC(=O)OCC1c2ccccc2-c2ccccc21)C(=O)O. The van der Waals surface area contributed by atoms with Crippen LogP contribution in [0.5, 0.6) is 0 Å². The summed E-state index contributed by atoms with van der Waals surface area (Å²) in [4.78, 5) is 38.0. The fourth-order valence-corrected chi connectivity index (χ4v) is 4.17. The summed E-state index contributed by atoms with van der Waals surface area (Å²) in [6, 6.07) is 15.8. The first-order valence-electron chi connectivity index (χ1n) is 11.4. The number of carboxylic acid groups (broad SMARTS) is 1. The Morgan fingerprint density at radius 3 is 2.03 bits per heavy atom. The number of nitrogens with one attached hydrogen (secondary N) is 1. The van der Waals surface area contributed by atoms with Gasteiger partial charge >= 0.3 is 18.0 Å². The Bertz CT molecular complexity index is 1020. The summed E-state index contributed by atoms with van der Waals surface area (Å²) >= 11 is 0. The molecular formula is C26H32N2O6. The molecule has 0 aromatic heterocycles. The van der Waals surface area contributed by atoms with Crippen molar-refractivity contribution in [3.05, 3.63) is 59.7 Å². The summed E-state index contributed by atoms with van der Waals surface area (Å²) in [7, 11) is 0. The lowest BCUT2D eigenvalue weighted by molar-refractivity contribution is -0.171. The van der Waals surface area contributed by atoms with Crippen LogP contribution >= 0.6 is 0 Å². The number of benzene rings is 2. The summed E-state index contributed by atoms with van der Waals surface area (Å²) in [5.41, 5.74) is 6.52. The summed E-state index contributed by atoms with van der Waals surface area (Å²) in [6.07, 6.45) is -0.364. The first-order chi connectivity index (χ1) is 16.1. The van der Waals surface area contributed by atoms with Crippen LogP contribution in [0.1, 0.15) is 57.1 Å². The predicted octanol–water partition coefficient (Wildman–Crippen LogP) is 3.82. The number of carbonyl (C=O) groups is 3. The maximum Gasteiger partial charge on any atom is 0.408 e. The topological polar surface area (TPSA) is 128 Å². The molecule has 8 heteroatoms. The molecule has 34 heavy (non-hydrogen) atoms. The molecule has 1 aliphatic rings. The second-order valence-corrected chi connectivity index (χ2v) is 9.41. The van der Waals surface area contributed by atoms with Crippen molar-refractivity contribution in [3.63, 3.8) is 0 Å². The van der Waals surface area contributed by atoms with Crippen molar-refractivity contribution in [2.24, 2.45) is 5.73 Å². The molecule has 1 atom stereocenters. The zero-order chi connectivity index (χ0) is 24.9. The van der Waals surface area contributed by atoms with Crippen LogP contribution in [0.2, 0.25) is 0 Å². The van der Waals surface area contributed by atoms with Gasteiger partial charge in [-0.3, -0.25) is 5.32 Å². The van der Waals surface area contributed by atoms with Gasteiger partial charge in [0, 0.05) is 5.92 Å². The number of hydrogen-bond donors (Lipinski definition) is 3. The van der Waals surface area contributed by atoms with E-state index in [-0.39, 0.29) is 18.9 Å². The normalized spacial score (nSPS) is 14.5. The van der Waals surface area contributed by atoms with Gasteiger partial charge in [-0.2, -0.15) is 0 Å². The lowest BCUT2D eigenvalue weighted by Crippen LogP contribution is -2.62. The van der Waals surface area contributed by atoms with E-state index in [1.54, 1.807) is 20.8 Å². The number of unbranched alkanes of at least 4 members (excludes halogenated alkanes) is 1. The van der Waals surface area contributed by atoms with Gasteiger partial charge in [0.05, 0.1) is 0 Å². The molecule has 1 aliphatic carbocycles. The molecule has 0 unspecified atom stereocenters. The number of rotatable bonds is 9. The highest BCUT2D eigenvalue weighted by molar-refractivity contribution is 6.06. The van der Waals surface area contributed by atoms with Crippen LogP contribution < -0.4 is 11.1 Å². The maximum absolute atomic E-state index is 12.9. The van der Waals surface area contributed by atoms with E-state index in [2.05, 4.69) is 5.32 Å². The monoisotopic (exact) mass is 468 g/mol. The van der Waals surface area contributed by atoms with Crippen LogP contribution in [-0.4, -0.2) is 47.4 Å². The highest BCUT2D eigenvalue weighted by Crippen LogP contribution is 2.44. The molecule has 0 bridgehead atoms. The van der Waals surface area contributed by atoms with E-state index >= 15 is 0 Å². The van der Waals surface area contributed by atoms with Crippen LogP contribution in [-0.2, 0) is 19.1 Å². The van der Waals surface area contributed by atoms with Crippen LogP contribution in [0, 0.1) is 0 Å². The van der Waals surface area contributed by atoms with Crippen LogP contribution in [0.15, 0.2) is 48.5 Å². The van der Waals surface area contributed by atoms with Gasteiger partial charge in [0.1, 0.15) is 12.2 Å². The standard InChI is InChI=1S/C26H32N2O6/c1-25(2,3)34-23(31)26(22(29)30,14-8-9-15-27)28-24(32)33-16-21-19-12-6-4-10-17(19)18-11-5-7-13-20(18)21/h4-7,10-13,21H,8-9,14-16,27H2,1-3H3,(H,28,32)(H,29,30)/t26-/m0/s1. The molecule has 0 spiro atoms. The number of amides is 1. The van der Waals surface area contributed by atoms with E-state index in [1.165, 1.54) is 0 Å². The average Bonchev–Trinajstić information content (AvgIpc) is 3.09. The number of nitrogens with two attached hydrogens (primary N) is 1. The number of alkyl carbamates (subject to hydrolysis) is 1. The fourth-order valence-electron chi connectivity index (χ4n) is 4.17. The summed E-state index contributed by atoms with van der Waals surface area (Å²) < 4.78 is 10.8. The molecule has 0 saturated carbocycles. The molecule has 182 valence electrons. The van der Waals surface area contributed by atoms with Crippen molar-refractivity contribution < 1.29 is 29.0 Å². The Hall–Kier alpha value is -3.39. The number of esters is 1. The molecule has 0 aliphatic heterocycles. The van der Waals surface area contributed by atoms with Crippen molar-refractivity contribution >= 4 is 18.0 Å². The van der Waals surface area contributed by atoms with Crippen molar-refractivity contribution in [1.29, 1.82) is 0 Å². The van der Waals surface area contributed by atoms with Gasteiger partial charge in [0.15, 0.2) is 0 Å². The largest absolute Gasteiger partial charge is 0.479 e. The summed E-state index contributed by atoms with van der Waals surface area (Å²) in [5.74, 6) is -2.75. The van der Waals surface area contributed by atoms with Crippen molar-refractivity contribution in [1.82, 2.24) is 5.32 Å². The van der Waals surface area contributed by atoms with Crippen molar-refractivity contribution in [2.45, 2.75) is 57.1 Å². The zero-order valence-corrected chi connectivity index (χ0v) is 19.8. The third kappa shape index (κ3) is 5.39. The molecule has 2 aromatic rings. The van der Waals surface area contributed by atoms with Gasteiger partial charge in [-0.15, -0.1) is 0 Å². The van der Waals surface area contributed by atoms with Gasteiger partial charge in [-0.05, 0) is 68.8 Å². The quantitative estimate of drug-likeness (QED) is 0.290. The van der Waals surface area contributed by atoms with Gasteiger partial charge in [-0.25, -0.2) is 14.4 Å². The first kappa shape index (κ1) is 25.2. The number of fused-ring (bicyclic) bond motifs is 3. The minimum atomic E-state index is -2.27. The van der Waals surface area contributed by atoms with Crippen molar-refractivity contribution in [3.8, 4) is 11.1 Å². The number of carboxylic acids is 1. The highest BCUT2D eigenvalue weighted by atomic mass is 16.6. The second kappa shape index (κ2) is 10.3. The van der Waals surface area contributed by atoms with E-state index in [0.29, 0.717) is 19.4 Å². The Kier molecular flexibility index (Phi) is 7.61. The molecule has 2 aromatic carbocycles. The highest BCUT2D eigenvalue weighted by Gasteiger charge is 2.50. The van der Waals surface area contributed by atoms with Crippen LogP contribution in [0.4, 0.5) is 4.79 Å². The molecule has 8 nitrogen and oxygen atoms in total. The van der Waals surface area contributed by atoms with Crippen LogP contribution in [0.3, 0.4) is 0 Å². The van der Waals surface area contributed by atoms with E-state index in [1.807, 2.05) is 48.5 Å². The molecule has 4 N–H and O–H groups in total. The van der Waals surface area contributed by atoms with Gasteiger partial charge < -0.3 is 20.3 Å². The number of hydrogen-bond acceptors (Lipinski definition) is 6. The predicted molar refractivity (Wildman–Crippen MR) is 127 cm³/mol. The fraction of sp³-hybridized carbons (Fsp3) is 0.423. The van der Waals surface area contributed by atoms with E-state index < -0.39 is 29.2 Å². The number of ether oxygens (including phenoxy) is 2. The van der Waals surface area contributed by atoms with Crippen molar-refractivity contribution in [2.75, 3.05) is 13.2 Å². The van der Waals surface area contributed by atoms with Gasteiger partial charge in [-0.1, -0.05) is 48.5 Å². The summed E-state index contributed by atoms with van der Waals surface area (Å²) in [6.45, 7) is 5.21. The van der Waals surface area contributed by atoms with E-state index in [0.717, 1.165) is 22.3 Å². The molecular weight excluding hydrogens is 436 g/mol. The van der Waals surface area contributed by atoms with Gasteiger partial charge in [0.2, 0.25) is 5.54 Å². The van der Waals surface area contributed by atoms with Crippen LogP contribution in [0.25, 0.3) is 11.1 Å². The minimum absolute atomic E-state index is 0.00726. The molecule has 0 fully saturated rings. The first-order valence-corrected chi connectivity index (χ1v) is 11.4. The third-order valence-electron chi connectivity index (χ3n) is 5.78. The third-order valence-corrected chi connectivity index (χ3v) is 5.78. The lowest BCUT2D eigenvalue weighted by atomic mass is 9.92. The van der Waals surface area contributed by atoms with E-state index in [9.17, 15) is 19.5 Å². The Morgan fingerprint density at radius 2 is 1.53 bits per heavy atom. The number of carbonyl (C=O) groups excluding carboxylic acids is 2. The molecule has 1 amide bonds. The lowest BCUT2D eigenvalue weighted by Gasteiger charge is -2.31. The average molecular weight is 469 g/mol.